The number of carbonyl (C=O) groups is 4. The molecule has 2 aromatic rings. The van der Waals surface area contributed by atoms with Crippen LogP contribution in [0, 0.1) is 0 Å². The standard InChI is InChI=1S/C23H21BrN2O6/c1-3-14-5-8-16(9-6-14)26-22(29)17(21(28)25-23(26)30)11-15-7-10-19(18(24)12-15)32-13-20(27)31-4-2/h5-12H,3-4,13H2,1-2H3,(H,25,28,30)/b17-11+. The summed E-state index contributed by atoms with van der Waals surface area (Å²) in [7, 11) is 0. The summed E-state index contributed by atoms with van der Waals surface area (Å²) in [6.45, 7) is 3.71. The van der Waals surface area contributed by atoms with E-state index in [1.165, 1.54) is 6.08 Å². The first-order chi connectivity index (χ1) is 15.3. The zero-order chi connectivity index (χ0) is 23.3. The van der Waals surface area contributed by atoms with Gasteiger partial charge in [-0.1, -0.05) is 25.1 Å². The van der Waals surface area contributed by atoms with Crippen LogP contribution in [0.2, 0.25) is 0 Å². The van der Waals surface area contributed by atoms with Gasteiger partial charge >= 0.3 is 12.0 Å². The number of nitrogens with one attached hydrogen (secondary N) is 1. The molecule has 0 unspecified atom stereocenters. The van der Waals surface area contributed by atoms with E-state index in [2.05, 4.69) is 21.2 Å². The Morgan fingerprint density at radius 3 is 2.44 bits per heavy atom. The average molecular weight is 501 g/mol. The van der Waals surface area contributed by atoms with Gasteiger partial charge in [0.15, 0.2) is 6.61 Å². The zero-order valence-corrected chi connectivity index (χ0v) is 19.1. The molecule has 1 saturated heterocycles. The molecule has 0 radical (unpaired) electrons. The van der Waals surface area contributed by atoms with Gasteiger partial charge in [-0.2, -0.15) is 0 Å². The maximum absolute atomic E-state index is 13.0. The molecule has 1 N–H and O–H groups in total. The molecule has 0 bridgehead atoms. The van der Waals surface area contributed by atoms with Crippen molar-refractivity contribution in [3.63, 3.8) is 0 Å². The topological polar surface area (TPSA) is 102 Å². The number of ether oxygens (including phenoxy) is 2. The van der Waals surface area contributed by atoms with Gasteiger partial charge in [0.1, 0.15) is 11.3 Å². The molecule has 166 valence electrons. The molecule has 0 aliphatic carbocycles. The van der Waals surface area contributed by atoms with E-state index in [1.807, 2.05) is 19.1 Å². The van der Waals surface area contributed by atoms with Crippen LogP contribution in [0.1, 0.15) is 25.0 Å². The monoisotopic (exact) mass is 500 g/mol. The third-order valence-electron chi connectivity index (χ3n) is 4.62. The minimum Gasteiger partial charge on any atom is -0.481 e. The second kappa shape index (κ2) is 10.2. The van der Waals surface area contributed by atoms with Gasteiger partial charge in [0, 0.05) is 0 Å². The van der Waals surface area contributed by atoms with Gasteiger partial charge in [0.05, 0.1) is 16.8 Å². The van der Waals surface area contributed by atoms with Crippen LogP contribution in [0.5, 0.6) is 5.75 Å². The minimum atomic E-state index is -0.801. The van der Waals surface area contributed by atoms with Crippen molar-refractivity contribution in [2.45, 2.75) is 20.3 Å². The number of esters is 1. The third-order valence-corrected chi connectivity index (χ3v) is 5.24. The highest BCUT2D eigenvalue weighted by atomic mass is 79.9. The van der Waals surface area contributed by atoms with Crippen LogP contribution in [0.15, 0.2) is 52.5 Å². The number of anilines is 1. The number of hydrogen-bond acceptors (Lipinski definition) is 6. The van der Waals surface area contributed by atoms with Crippen molar-refractivity contribution in [1.82, 2.24) is 5.32 Å². The average Bonchev–Trinajstić information content (AvgIpc) is 2.76. The number of halogens is 1. The fourth-order valence-corrected chi connectivity index (χ4v) is 3.51. The van der Waals surface area contributed by atoms with Gasteiger partial charge in [-0.3, -0.25) is 14.9 Å². The smallest absolute Gasteiger partial charge is 0.344 e. The highest BCUT2D eigenvalue weighted by molar-refractivity contribution is 9.10. The predicted octanol–water partition coefficient (Wildman–Crippen LogP) is 3.62. The third kappa shape index (κ3) is 5.23. The van der Waals surface area contributed by atoms with Crippen molar-refractivity contribution < 1.29 is 28.7 Å². The van der Waals surface area contributed by atoms with Gasteiger partial charge in [0.25, 0.3) is 11.8 Å². The quantitative estimate of drug-likeness (QED) is 0.353. The van der Waals surface area contributed by atoms with Crippen molar-refractivity contribution in [3.8, 4) is 5.75 Å². The van der Waals surface area contributed by atoms with E-state index >= 15 is 0 Å². The molecule has 9 heteroatoms. The van der Waals surface area contributed by atoms with Crippen LogP contribution in [0.25, 0.3) is 6.08 Å². The van der Waals surface area contributed by atoms with E-state index in [-0.39, 0.29) is 18.8 Å². The van der Waals surface area contributed by atoms with Crippen LogP contribution in [0.3, 0.4) is 0 Å². The Balaban J connectivity index is 1.83. The highest BCUT2D eigenvalue weighted by Gasteiger charge is 2.36. The molecule has 8 nitrogen and oxygen atoms in total. The number of imide groups is 2. The lowest BCUT2D eigenvalue weighted by Gasteiger charge is -2.26. The molecule has 2 aromatic carbocycles. The van der Waals surface area contributed by atoms with Gasteiger partial charge in [0.2, 0.25) is 0 Å². The maximum atomic E-state index is 13.0. The van der Waals surface area contributed by atoms with E-state index < -0.39 is 23.8 Å². The molecule has 1 aliphatic heterocycles. The summed E-state index contributed by atoms with van der Waals surface area (Å²) < 4.78 is 10.7. The molecule has 1 fully saturated rings. The Labute approximate surface area is 193 Å². The van der Waals surface area contributed by atoms with E-state index in [0.29, 0.717) is 21.5 Å². The zero-order valence-electron chi connectivity index (χ0n) is 17.5. The number of nitrogens with zero attached hydrogens (tertiary/aromatic N) is 1. The lowest BCUT2D eigenvalue weighted by Crippen LogP contribution is -2.54. The van der Waals surface area contributed by atoms with Gasteiger partial charge in [-0.25, -0.2) is 14.5 Å². The summed E-state index contributed by atoms with van der Waals surface area (Å²) >= 11 is 3.35. The van der Waals surface area contributed by atoms with Crippen molar-refractivity contribution in [2.75, 3.05) is 18.1 Å². The van der Waals surface area contributed by atoms with Crippen LogP contribution in [-0.4, -0.2) is 37.0 Å². The fourth-order valence-electron chi connectivity index (χ4n) is 3.00. The molecule has 0 aromatic heterocycles. The van der Waals surface area contributed by atoms with Gasteiger partial charge in [-0.15, -0.1) is 0 Å². The number of carbonyl (C=O) groups excluding carboxylic acids is 4. The molecule has 1 heterocycles. The normalized spacial score (nSPS) is 15.0. The van der Waals surface area contributed by atoms with Crippen LogP contribution >= 0.6 is 15.9 Å². The molecule has 3 rings (SSSR count). The molecular formula is C23H21BrN2O6. The molecule has 1 aliphatic rings. The molecular weight excluding hydrogens is 480 g/mol. The fraction of sp³-hybridized carbons (Fsp3) is 0.217. The Kier molecular flexibility index (Phi) is 7.42. The summed E-state index contributed by atoms with van der Waals surface area (Å²) in [6, 6.07) is 11.0. The predicted molar refractivity (Wildman–Crippen MR) is 121 cm³/mol. The summed E-state index contributed by atoms with van der Waals surface area (Å²) in [4.78, 5) is 50.0. The Hall–Kier alpha value is -3.46. The van der Waals surface area contributed by atoms with Crippen molar-refractivity contribution in [3.05, 3.63) is 63.6 Å². The summed E-state index contributed by atoms with van der Waals surface area (Å²) in [5, 5.41) is 2.20. The SMILES string of the molecule is CCOC(=O)COc1ccc(/C=C2\C(=O)NC(=O)N(c3ccc(CC)cc3)C2=O)cc1Br. The number of aryl methyl sites for hydroxylation is 1. The number of benzene rings is 2. The van der Waals surface area contributed by atoms with Gasteiger partial charge < -0.3 is 9.47 Å². The molecule has 0 saturated carbocycles. The number of hydrogen-bond donors (Lipinski definition) is 1. The lowest BCUT2D eigenvalue weighted by molar-refractivity contribution is -0.145. The molecule has 32 heavy (non-hydrogen) atoms. The number of amides is 4. The first-order valence-electron chi connectivity index (χ1n) is 9.92. The van der Waals surface area contributed by atoms with Crippen LogP contribution < -0.4 is 15.0 Å². The van der Waals surface area contributed by atoms with E-state index in [1.54, 1.807) is 37.3 Å². The lowest BCUT2D eigenvalue weighted by atomic mass is 10.1. The van der Waals surface area contributed by atoms with E-state index in [0.717, 1.165) is 16.9 Å². The minimum absolute atomic E-state index is 0.184. The largest absolute Gasteiger partial charge is 0.481 e. The van der Waals surface area contributed by atoms with Crippen molar-refractivity contribution in [2.24, 2.45) is 0 Å². The van der Waals surface area contributed by atoms with Crippen molar-refractivity contribution >= 4 is 51.5 Å². The van der Waals surface area contributed by atoms with Crippen LogP contribution in [0.4, 0.5) is 10.5 Å². The first-order valence-corrected chi connectivity index (χ1v) is 10.7. The highest BCUT2D eigenvalue weighted by Crippen LogP contribution is 2.28. The van der Waals surface area contributed by atoms with Crippen molar-refractivity contribution in [1.29, 1.82) is 0 Å². The summed E-state index contributed by atoms with van der Waals surface area (Å²) in [5.41, 5.74) is 1.76. The van der Waals surface area contributed by atoms with Crippen LogP contribution in [-0.2, 0) is 25.5 Å². The Bertz CT molecular complexity index is 1090. The number of rotatable bonds is 7. The maximum Gasteiger partial charge on any atom is 0.344 e. The molecule has 4 amide bonds. The van der Waals surface area contributed by atoms with E-state index in [9.17, 15) is 19.2 Å². The first kappa shape index (κ1) is 23.2. The van der Waals surface area contributed by atoms with E-state index in [4.69, 9.17) is 9.47 Å². The summed E-state index contributed by atoms with van der Waals surface area (Å²) in [6.07, 6.45) is 2.20. The second-order valence-electron chi connectivity index (χ2n) is 6.76. The second-order valence-corrected chi connectivity index (χ2v) is 7.62. The Morgan fingerprint density at radius 2 is 1.81 bits per heavy atom. The van der Waals surface area contributed by atoms with Gasteiger partial charge in [-0.05, 0) is 70.7 Å². The number of barbiturate groups is 1. The summed E-state index contributed by atoms with van der Waals surface area (Å²) in [5.74, 6) is -1.60. The number of urea groups is 1. The Morgan fingerprint density at radius 1 is 1.09 bits per heavy atom. The molecule has 0 spiro atoms. The molecule has 0 atom stereocenters.